The van der Waals surface area contributed by atoms with Crippen molar-refractivity contribution in [2.75, 3.05) is 13.2 Å². The van der Waals surface area contributed by atoms with Crippen LogP contribution in [0.5, 0.6) is 0 Å². The Hall–Kier alpha value is -3.82. The maximum Gasteiger partial charge on any atom is 0.312 e. The van der Waals surface area contributed by atoms with E-state index < -0.39 is 107 Å². The summed E-state index contributed by atoms with van der Waals surface area (Å²) < 4.78 is 41.9. The highest BCUT2D eigenvalue weighted by Crippen LogP contribution is 2.63. The van der Waals surface area contributed by atoms with Crippen LogP contribution in [0.1, 0.15) is 75.2 Å². The lowest BCUT2D eigenvalue weighted by Gasteiger charge is -2.59. The third kappa shape index (κ3) is 7.70. The van der Waals surface area contributed by atoms with E-state index in [4.69, 9.17) is 33.2 Å². The van der Waals surface area contributed by atoms with Crippen molar-refractivity contribution in [1.29, 1.82) is 0 Å². The van der Waals surface area contributed by atoms with Gasteiger partial charge in [-0.25, -0.2) is 0 Å². The zero-order valence-electron chi connectivity index (χ0n) is 30.5. The molecule has 0 radical (unpaired) electrons. The van der Waals surface area contributed by atoms with E-state index in [0.717, 1.165) is 20.8 Å². The van der Waals surface area contributed by atoms with Crippen molar-refractivity contribution in [3.05, 3.63) is 23.8 Å². The summed E-state index contributed by atoms with van der Waals surface area (Å²) in [6.07, 6.45) is -5.52. The Morgan fingerprint density at radius 2 is 1.39 bits per heavy atom. The van der Waals surface area contributed by atoms with Crippen LogP contribution in [0.15, 0.2) is 23.8 Å². The van der Waals surface area contributed by atoms with E-state index in [1.165, 1.54) is 32.1 Å². The Morgan fingerprint density at radius 3 is 1.88 bits per heavy atom. The minimum Gasteiger partial charge on any atom is -0.459 e. The van der Waals surface area contributed by atoms with Crippen molar-refractivity contribution >= 4 is 35.8 Å². The fourth-order valence-electron chi connectivity index (χ4n) is 7.80. The summed E-state index contributed by atoms with van der Waals surface area (Å²) in [5.41, 5.74) is -5.88. The number of esters is 6. The molecule has 0 aromatic heterocycles. The van der Waals surface area contributed by atoms with Gasteiger partial charge in [0, 0.05) is 39.5 Å². The fraction of sp³-hybridized carbons (Fsp3) is 0.722. The first-order chi connectivity index (χ1) is 23.7. The van der Waals surface area contributed by atoms with Gasteiger partial charge in [0.15, 0.2) is 30.0 Å². The quantitative estimate of drug-likeness (QED) is 0.187. The SMILES string of the molecule is CC(=O)O[C@@H]1/C=C\C(CO)=C/[C@@H]2OC(=O)[C@H](C)[C@@]2(O)[C@@H](OC(C)=O)[C@H]2[C@@]3(CO3)[C@H](OC(=O)CC(C)C)[C@H](OC(=O)CC(C)C)[C@H](OC(C)=O)[C@]12C. The zero-order chi connectivity index (χ0) is 38.2. The maximum absolute atomic E-state index is 13.5. The number of aliphatic hydroxyl groups is 2. The predicted molar refractivity (Wildman–Crippen MR) is 174 cm³/mol. The minimum atomic E-state index is -2.39. The van der Waals surface area contributed by atoms with Gasteiger partial charge in [0.2, 0.25) is 0 Å². The smallest absolute Gasteiger partial charge is 0.312 e. The summed E-state index contributed by atoms with van der Waals surface area (Å²) in [5.74, 6) is -7.97. The van der Waals surface area contributed by atoms with Gasteiger partial charge in [-0.1, -0.05) is 40.7 Å². The Morgan fingerprint density at radius 1 is 0.863 bits per heavy atom. The molecule has 0 bridgehead atoms. The van der Waals surface area contributed by atoms with E-state index in [-0.39, 0.29) is 36.9 Å². The van der Waals surface area contributed by atoms with E-state index in [2.05, 4.69) is 0 Å². The first-order valence-corrected chi connectivity index (χ1v) is 17.2. The molecule has 15 heteroatoms. The van der Waals surface area contributed by atoms with Crippen LogP contribution in [0.4, 0.5) is 0 Å². The average molecular weight is 723 g/mol. The van der Waals surface area contributed by atoms with Crippen LogP contribution >= 0.6 is 0 Å². The molecule has 0 aromatic rings. The molecule has 4 rings (SSSR count). The zero-order valence-corrected chi connectivity index (χ0v) is 30.5. The molecule has 3 fully saturated rings. The Kier molecular flexibility index (Phi) is 11.8. The summed E-state index contributed by atoms with van der Waals surface area (Å²) in [6, 6.07) is 0. The molecule has 2 saturated heterocycles. The summed E-state index contributed by atoms with van der Waals surface area (Å²) >= 11 is 0. The highest BCUT2D eigenvalue weighted by molar-refractivity contribution is 5.78. The van der Waals surface area contributed by atoms with Crippen molar-refractivity contribution < 1.29 is 72.1 Å². The molecule has 2 aliphatic heterocycles. The minimum absolute atomic E-state index is 0.0638. The second-order valence-corrected chi connectivity index (χ2v) is 15.0. The van der Waals surface area contributed by atoms with Gasteiger partial charge in [0.05, 0.1) is 24.5 Å². The van der Waals surface area contributed by atoms with Crippen LogP contribution < -0.4 is 0 Å². The van der Waals surface area contributed by atoms with E-state index >= 15 is 0 Å². The van der Waals surface area contributed by atoms with E-state index in [0.29, 0.717) is 0 Å². The highest BCUT2D eigenvalue weighted by Gasteiger charge is 2.81. The Balaban J connectivity index is 2.15. The second-order valence-electron chi connectivity index (χ2n) is 15.0. The second kappa shape index (κ2) is 15.0. The van der Waals surface area contributed by atoms with E-state index in [1.807, 2.05) is 0 Å². The van der Waals surface area contributed by atoms with Gasteiger partial charge >= 0.3 is 35.8 Å². The number of epoxide rings is 1. The molecule has 0 amide bonds. The topological polar surface area (TPSA) is 211 Å². The molecule has 284 valence electrons. The normalized spacial score (nSPS) is 38.7. The molecule has 2 N–H and O–H groups in total. The molecule has 0 aromatic carbocycles. The van der Waals surface area contributed by atoms with Crippen molar-refractivity contribution in [2.45, 2.75) is 123 Å². The molecular formula is C36H50O15. The summed E-state index contributed by atoms with van der Waals surface area (Å²) in [4.78, 5) is 79.1. The summed E-state index contributed by atoms with van der Waals surface area (Å²) in [7, 11) is 0. The van der Waals surface area contributed by atoms with Crippen molar-refractivity contribution in [3.8, 4) is 0 Å². The molecule has 1 saturated carbocycles. The molecule has 11 atom stereocenters. The predicted octanol–water partition coefficient (Wildman–Crippen LogP) is 1.88. The monoisotopic (exact) mass is 722 g/mol. The largest absolute Gasteiger partial charge is 0.459 e. The van der Waals surface area contributed by atoms with E-state index in [1.54, 1.807) is 27.7 Å². The van der Waals surface area contributed by atoms with Crippen molar-refractivity contribution in [3.63, 3.8) is 0 Å². The van der Waals surface area contributed by atoms with Gasteiger partial charge in [-0.2, -0.15) is 0 Å². The number of rotatable bonds is 10. The van der Waals surface area contributed by atoms with Gasteiger partial charge in [-0.05, 0) is 36.5 Å². The number of aliphatic hydroxyl groups excluding tert-OH is 1. The van der Waals surface area contributed by atoms with Gasteiger partial charge in [-0.15, -0.1) is 0 Å². The number of carbonyl (C=O) groups is 6. The van der Waals surface area contributed by atoms with Gasteiger partial charge in [0.1, 0.15) is 17.8 Å². The number of fused-ring (bicyclic) bond motifs is 3. The number of hydrogen-bond acceptors (Lipinski definition) is 15. The lowest BCUT2D eigenvalue weighted by molar-refractivity contribution is -0.280. The first kappa shape index (κ1) is 40.0. The van der Waals surface area contributed by atoms with Crippen LogP contribution in [0, 0.1) is 29.1 Å². The molecule has 2 heterocycles. The Labute approximate surface area is 296 Å². The molecular weight excluding hydrogens is 672 g/mol. The first-order valence-electron chi connectivity index (χ1n) is 17.2. The van der Waals surface area contributed by atoms with Crippen LogP contribution in [-0.2, 0) is 61.9 Å². The molecule has 4 aliphatic rings. The molecule has 1 spiro atoms. The fourth-order valence-corrected chi connectivity index (χ4v) is 7.80. The van der Waals surface area contributed by atoms with Crippen LogP contribution in [-0.4, -0.2) is 107 Å². The lowest BCUT2D eigenvalue weighted by Crippen LogP contribution is -2.76. The van der Waals surface area contributed by atoms with E-state index in [9.17, 15) is 39.0 Å². The summed E-state index contributed by atoms with van der Waals surface area (Å²) in [5, 5.41) is 23.1. The number of carbonyl (C=O) groups excluding carboxylic acids is 6. The Bertz CT molecular complexity index is 1460. The summed E-state index contributed by atoms with van der Waals surface area (Å²) in [6.45, 7) is 12.5. The lowest BCUT2D eigenvalue weighted by atomic mass is 9.51. The van der Waals surface area contributed by atoms with Crippen LogP contribution in [0.25, 0.3) is 0 Å². The molecule has 15 nitrogen and oxygen atoms in total. The van der Waals surface area contributed by atoms with Crippen LogP contribution in [0.2, 0.25) is 0 Å². The standard InChI is InChI=1S/C36H50O15/c1-17(2)12-26(41)50-28-30(47-21(7)39)34(9)24(46-20(6)38)11-10-23(15-37)14-25-36(44,19(5)33(43)49-25)32(48-22(8)40)29(34)35(16-45-35)31(28)51-27(42)13-18(3)4/h10-11,14,17-19,24-25,28-32,37,44H,12-13,15-16H2,1-9H3/b11-10-,23-14+/t19-,24+,25-,28+,29+,30-,31+,32-,34+,35-,36-/m0/s1. The van der Waals surface area contributed by atoms with Gasteiger partial charge < -0.3 is 43.4 Å². The maximum atomic E-state index is 13.5. The van der Waals surface area contributed by atoms with Crippen LogP contribution in [0.3, 0.4) is 0 Å². The number of hydrogen-bond donors (Lipinski definition) is 2. The van der Waals surface area contributed by atoms with Gasteiger partial charge in [-0.3, -0.25) is 28.8 Å². The van der Waals surface area contributed by atoms with Gasteiger partial charge in [0.25, 0.3) is 0 Å². The van der Waals surface area contributed by atoms with Crippen molar-refractivity contribution in [1.82, 2.24) is 0 Å². The highest BCUT2D eigenvalue weighted by atomic mass is 16.7. The average Bonchev–Trinajstić information content (AvgIpc) is 3.75. The third-order valence-corrected chi connectivity index (χ3v) is 10.1. The number of ether oxygens (including phenoxy) is 7. The molecule has 0 unspecified atom stereocenters. The molecule has 2 aliphatic carbocycles. The van der Waals surface area contributed by atoms with Crippen molar-refractivity contribution in [2.24, 2.45) is 29.1 Å². The third-order valence-electron chi connectivity index (χ3n) is 10.1. The molecule has 51 heavy (non-hydrogen) atoms.